The highest BCUT2D eigenvalue weighted by Gasteiger charge is 2.18. The molecule has 2 aromatic rings. The van der Waals surface area contributed by atoms with E-state index >= 15 is 0 Å². The van der Waals surface area contributed by atoms with Crippen molar-refractivity contribution < 1.29 is 0 Å². The summed E-state index contributed by atoms with van der Waals surface area (Å²) in [5.41, 5.74) is 2.85. The van der Waals surface area contributed by atoms with Gasteiger partial charge >= 0.3 is 0 Å². The Morgan fingerprint density at radius 1 is 1.33 bits per heavy atom. The minimum absolute atomic E-state index is 0.843. The molecule has 0 bridgehead atoms. The van der Waals surface area contributed by atoms with Gasteiger partial charge in [0.05, 0.1) is 0 Å². The summed E-state index contributed by atoms with van der Waals surface area (Å²) in [7, 11) is 2.13. The normalized spacial score (nSPS) is 16.9. The minimum Gasteiger partial charge on any atom is -0.350 e. The lowest BCUT2D eigenvalue weighted by Crippen LogP contribution is -2.43. The Kier molecular flexibility index (Phi) is 2.03. The van der Waals surface area contributed by atoms with Gasteiger partial charge in [-0.05, 0) is 37.1 Å². The fourth-order valence-electron chi connectivity index (χ4n) is 2.39. The third-order valence-electron chi connectivity index (χ3n) is 3.35. The van der Waals surface area contributed by atoms with Crippen molar-refractivity contribution in [1.29, 1.82) is 0 Å². The molecule has 0 radical (unpaired) electrons. The smallest absolute Gasteiger partial charge is 0.0480 e. The van der Waals surface area contributed by atoms with Gasteiger partial charge in [-0.25, -0.2) is 0 Å². The average Bonchev–Trinajstić information content (AvgIpc) is 2.51. The fraction of sp³-hybridized carbons (Fsp3) is 0.385. The van der Waals surface area contributed by atoms with Crippen molar-refractivity contribution in [1.82, 2.24) is 9.88 Å². The highest BCUT2D eigenvalue weighted by atomic mass is 15.0. The number of fused-ring (bicyclic) bond motifs is 1. The van der Waals surface area contributed by atoms with Crippen LogP contribution in [0.3, 0.4) is 0 Å². The second kappa shape index (κ2) is 3.38. The molecule has 0 aliphatic carbocycles. The van der Waals surface area contributed by atoms with Gasteiger partial charge in [0.15, 0.2) is 0 Å². The van der Waals surface area contributed by atoms with Crippen molar-refractivity contribution in [3.63, 3.8) is 0 Å². The molecule has 1 aliphatic heterocycles. The van der Waals surface area contributed by atoms with Gasteiger partial charge in [0.25, 0.3) is 0 Å². The monoisotopic (exact) mass is 200 g/mol. The molecule has 0 amide bonds. The molecule has 1 aromatic heterocycles. The molecule has 1 N–H and O–H groups in total. The van der Waals surface area contributed by atoms with Crippen LogP contribution in [0.5, 0.6) is 0 Å². The first kappa shape index (κ1) is 8.98. The molecule has 3 rings (SSSR count). The maximum absolute atomic E-state index is 3.33. The van der Waals surface area contributed by atoms with E-state index in [1.165, 1.54) is 36.0 Å². The Balaban J connectivity index is 2.02. The quantitative estimate of drug-likeness (QED) is 0.784. The molecular formula is C13H16N2. The lowest BCUT2D eigenvalue weighted by Gasteiger charge is -2.26. The van der Waals surface area contributed by atoms with Crippen molar-refractivity contribution >= 4 is 10.9 Å². The average molecular weight is 200 g/mol. The first-order valence-electron chi connectivity index (χ1n) is 5.58. The number of para-hydroxylation sites is 1. The lowest BCUT2D eigenvalue weighted by atomic mass is 9.94. The van der Waals surface area contributed by atoms with Gasteiger partial charge in [-0.1, -0.05) is 18.2 Å². The maximum atomic E-state index is 3.33. The van der Waals surface area contributed by atoms with E-state index in [0.29, 0.717) is 0 Å². The second-order valence-electron chi connectivity index (χ2n) is 4.51. The van der Waals surface area contributed by atoms with Crippen molar-refractivity contribution in [2.45, 2.75) is 6.42 Å². The van der Waals surface area contributed by atoms with Crippen LogP contribution in [0.4, 0.5) is 0 Å². The molecule has 78 valence electrons. The molecule has 15 heavy (non-hydrogen) atoms. The number of aromatic nitrogens is 1. The molecule has 2 heterocycles. The SMILES string of the molecule is Cn1cc(CC2CNC2)c2ccccc21. The van der Waals surface area contributed by atoms with Crippen LogP contribution >= 0.6 is 0 Å². The standard InChI is InChI=1S/C13H16N2/c1-15-9-11(6-10-7-14-8-10)12-4-2-3-5-13(12)15/h2-5,9-10,14H,6-8H2,1H3. The van der Waals surface area contributed by atoms with Crippen LogP contribution < -0.4 is 5.32 Å². The molecule has 0 unspecified atom stereocenters. The van der Waals surface area contributed by atoms with E-state index in [4.69, 9.17) is 0 Å². The van der Waals surface area contributed by atoms with E-state index in [2.05, 4.69) is 47.4 Å². The maximum Gasteiger partial charge on any atom is 0.0480 e. The van der Waals surface area contributed by atoms with Crippen LogP contribution in [-0.4, -0.2) is 17.7 Å². The van der Waals surface area contributed by atoms with Crippen molar-refractivity contribution in [3.8, 4) is 0 Å². The van der Waals surface area contributed by atoms with Gasteiger partial charge < -0.3 is 9.88 Å². The van der Waals surface area contributed by atoms with Crippen LogP contribution in [0.15, 0.2) is 30.5 Å². The van der Waals surface area contributed by atoms with Gasteiger partial charge in [0.2, 0.25) is 0 Å². The van der Waals surface area contributed by atoms with Crippen molar-refractivity contribution in [2.75, 3.05) is 13.1 Å². The Morgan fingerprint density at radius 2 is 2.13 bits per heavy atom. The largest absolute Gasteiger partial charge is 0.350 e. The Morgan fingerprint density at radius 3 is 2.87 bits per heavy atom. The van der Waals surface area contributed by atoms with Crippen LogP contribution in [0.1, 0.15) is 5.56 Å². The topological polar surface area (TPSA) is 17.0 Å². The third kappa shape index (κ3) is 1.45. The molecule has 0 atom stereocenters. The van der Waals surface area contributed by atoms with Gasteiger partial charge in [-0.15, -0.1) is 0 Å². The Labute approximate surface area is 89.9 Å². The van der Waals surface area contributed by atoms with Gasteiger partial charge in [-0.2, -0.15) is 0 Å². The van der Waals surface area contributed by atoms with Crippen molar-refractivity contribution in [3.05, 3.63) is 36.0 Å². The summed E-state index contributed by atoms with van der Waals surface area (Å²) in [5, 5.41) is 4.75. The van der Waals surface area contributed by atoms with E-state index < -0.39 is 0 Å². The van der Waals surface area contributed by atoms with E-state index in [1.807, 2.05) is 0 Å². The predicted molar refractivity (Wildman–Crippen MR) is 63.0 cm³/mol. The highest BCUT2D eigenvalue weighted by molar-refractivity contribution is 5.83. The van der Waals surface area contributed by atoms with Crippen LogP contribution in [-0.2, 0) is 13.5 Å². The number of aryl methyl sites for hydroxylation is 1. The number of nitrogens with zero attached hydrogens (tertiary/aromatic N) is 1. The number of hydrogen-bond donors (Lipinski definition) is 1. The fourth-order valence-corrected chi connectivity index (χ4v) is 2.39. The molecule has 1 saturated heterocycles. The first-order valence-corrected chi connectivity index (χ1v) is 5.58. The van der Waals surface area contributed by atoms with Gasteiger partial charge in [0, 0.05) is 24.1 Å². The second-order valence-corrected chi connectivity index (χ2v) is 4.51. The van der Waals surface area contributed by atoms with Crippen LogP contribution in [0.25, 0.3) is 10.9 Å². The zero-order valence-corrected chi connectivity index (χ0v) is 9.03. The van der Waals surface area contributed by atoms with E-state index in [1.54, 1.807) is 0 Å². The Hall–Kier alpha value is -1.28. The third-order valence-corrected chi connectivity index (χ3v) is 3.35. The zero-order valence-electron chi connectivity index (χ0n) is 9.03. The molecule has 1 aliphatic rings. The minimum atomic E-state index is 0.843. The summed E-state index contributed by atoms with van der Waals surface area (Å²) in [6, 6.07) is 8.66. The zero-order chi connectivity index (χ0) is 10.3. The van der Waals surface area contributed by atoms with Crippen LogP contribution in [0, 0.1) is 5.92 Å². The number of benzene rings is 1. The summed E-state index contributed by atoms with van der Waals surface area (Å²) in [5.74, 6) is 0.843. The molecule has 0 saturated carbocycles. The van der Waals surface area contributed by atoms with Gasteiger partial charge in [0.1, 0.15) is 0 Å². The molecule has 1 fully saturated rings. The summed E-state index contributed by atoms with van der Waals surface area (Å²) in [6.07, 6.45) is 3.50. The highest BCUT2D eigenvalue weighted by Crippen LogP contribution is 2.23. The summed E-state index contributed by atoms with van der Waals surface area (Å²) in [6.45, 7) is 2.37. The summed E-state index contributed by atoms with van der Waals surface area (Å²) < 4.78 is 2.23. The van der Waals surface area contributed by atoms with E-state index in [9.17, 15) is 0 Å². The van der Waals surface area contributed by atoms with Crippen LogP contribution in [0.2, 0.25) is 0 Å². The van der Waals surface area contributed by atoms with Crippen molar-refractivity contribution in [2.24, 2.45) is 13.0 Å². The number of nitrogens with one attached hydrogen (secondary N) is 1. The molecule has 2 heteroatoms. The molecule has 2 nitrogen and oxygen atoms in total. The van der Waals surface area contributed by atoms with Gasteiger partial charge in [-0.3, -0.25) is 0 Å². The lowest BCUT2D eigenvalue weighted by molar-refractivity contribution is 0.347. The number of rotatable bonds is 2. The number of hydrogen-bond acceptors (Lipinski definition) is 1. The molecule has 1 aromatic carbocycles. The van der Waals surface area contributed by atoms with E-state index in [0.717, 1.165) is 5.92 Å². The molecule has 0 spiro atoms. The summed E-state index contributed by atoms with van der Waals surface area (Å²) >= 11 is 0. The molecular weight excluding hydrogens is 184 g/mol. The van der Waals surface area contributed by atoms with E-state index in [-0.39, 0.29) is 0 Å². The summed E-state index contributed by atoms with van der Waals surface area (Å²) in [4.78, 5) is 0. The predicted octanol–water partition coefficient (Wildman–Crippen LogP) is 1.94. The first-order chi connectivity index (χ1) is 7.34. The Bertz CT molecular complexity index is 480.